The zero-order valence-electron chi connectivity index (χ0n) is 12.1. The molecule has 0 aromatic heterocycles. The molecule has 1 saturated carbocycles. The molecule has 1 aromatic rings. The second-order valence-corrected chi connectivity index (χ2v) is 6.65. The van der Waals surface area contributed by atoms with E-state index in [1.54, 1.807) is 0 Å². The molecule has 1 aliphatic carbocycles. The van der Waals surface area contributed by atoms with Crippen LogP contribution >= 0.6 is 0 Å². The lowest BCUT2D eigenvalue weighted by Gasteiger charge is -2.46. The number of nitrogens with one attached hydrogen (secondary N) is 1. The zero-order valence-corrected chi connectivity index (χ0v) is 12.1. The van der Waals surface area contributed by atoms with Gasteiger partial charge in [0, 0.05) is 17.1 Å². The summed E-state index contributed by atoms with van der Waals surface area (Å²) in [5, 5.41) is 3.78. The fourth-order valence-electron chi connectivity index (χ4n) is 3.41. The molecule has 2 aliphatic rings. The average molecular weight is 259 g/mol. The van der Waals surface area contributed by atoms with Crippen LogP contribution in [0.1, 0.15) is 51.0 Å². The summed E-state index contributed by atoms with van der Waals surface area (Å²) in [4.78, 5) is 0. The Balaban J connectivity index is 1.63. The number of hydrogen-bond donors (Lipinski definition) is 1. The second-order valence-electron chi connectivity index (χ2n) is 6.65. The molecule has 0 radical (unpaired) electrons. The fourth-order valence-corrected chi connectivity index (χ4v) is 3.41. The summed E-state index contributed by atoms with van der Waals surface area (Å²) < 4.78 is 5.40. The summed E-state index contributed by atoms with van der Waals surface area (Å²) in [6.45, 7) is 6.54. The van der Waals surface area contributed by atoms with Crippen molar-refractivity contribution in [1.29, 1.82) is 0 Å². The molecule has 1 heterocycles. The first-order valence-corrected chi connectivity index (χ1v) is 7.62. The quantitative estimate of drug-likeness (QED) is 0.879. The minimum atomic E-state index is 0.551. The van der Waals surface area contributed by atoms with E-state index in [2.05, 4.69) is 43.4 Å². The van der Waals surface area contributed by atoms with E-state index in [0.717, 1.165) is 13.2 Å². The van der Waals surface area contributed by atoms with E-state index in [-0.39, 0.29) is 0 Å². The van der Waals surface area contributed by atoms with Crippen LogP contribution in [0.5, 0.6) is 0 Å². The molecule has 2 nitrogen and oxygen atoms in total. The molecule has 0 unspecified atom stereocenters. The highest BCUT2D eigenvalue weighted by molar-refractivity contribution is 5.53. The molecule has 19 heavy (non-hydrogen) atoms. The lowest BCUT2D eigenvalue weighted by atomic mass is 9.71. The molecular weight excluding hydrogens is 234 g/mol. The lowest BCUT2D eigenvalue weighted by Crippen LogP contribution is -2.47. The first-order valence-electron chi connectivity index (χ1n) is 7.62. The van der Waals surface area contributed by atoms with Crippen LogP contribution in [0.25, 0.3) is 0 Å². The minimum Gasteiger partial charge on any atom is -0.382 e. The third-order valence-electron chi connectivity index (χ3n) is 4.81. The van der Waals surface area contributed by atoms with E-state index in [0.29, 0.717) is 17.4 Å². The minimum absolute atomic E-state index is 0.551. The predicted molar refractivity (Wildman–Crippen MR) is 79.7 cm³/mol. The monoisotopic (exact) mass is 259 g/mol. The van der Waals surface area contributed by atoms with E-state index < -0.39 is 0 Å². The molecule has 1 aliphatic heterocycles. The number of benzene rings is 1. The standard InChI is InChI=1S/C17H25NO/c1-13(2)15-5-3-4-6-16(15)18-14-7-9-17(10-8-14)11-19-12-17/h3-6,13-14,18H,7-12H2,1-2H3. The van der Waals surface area contributed by atoms with Gasteiger partial charge in [-0.2, -0.15) is 0 Å². The third-order valence-corrected chi connectivity index (χ3v) is 4.81. The molecule has 104 valence electrons. The van der Waals surface area contributed by atoms with Gasteiger partial charge in [-0.3, -0.25) is 0 Å². The molecule has 0 amide bonds. The van der Waals surface area contributed by atoms with Crippen LogP contribution in [-0.2, 0) is 4.74 Å². The van der Waals surface area contributed by atoms with Crippen molar-refractivity contribution in [3.8, 4) is 0 Å². The number of hydrogen-bond acceptors (Lipinski definition) is 2. The SMILES string of the molecule is CC(C)c1ccccc1NC1CCC2(CC1)COC2. The van der Waals surface area contributed by atoms with Gasteiger partial charge in [-0.15, -0.1) is 0 Å². The van der Waals surface area contributed by atoms with Gasteiger partial charge in [-0.1, -0.05) is 32.0 Å². The van der Waals surface area contributed by atoms with Gasteiger partial charge in [-0.25, -0.2) is 0 Å². The van der Waals surface area contributed by atoms with Gasteiger partial charge >= 0.3 is 0 Å². The van der Waals surface area contributed by atoms with Gasteiger partial charge in [0.25, 0.3) is 0 Å². The Morgan fingerprint density at radius 3 is 2.42 bits per heavy atom. The van der Waals surface area contributed by atoms with Gasteiger partial charge in [0.2, 0.25) is 0 Å². The van der Waals surface area contributed by atoms with Gasteiger partial charge in [0.05, 0.1) is 13.2 Å². The molecule has 1 spiro atoms. The van der Waals surface area contributed by atoms with Crippen LogP contribution in [0.15, 0.2) is 24.3 Å². The first-order chi connectivity index (χ1) is 9.19. The largest absolute Gasteiger partial charge is 0.382 e. The maximum absolute atomic E-state index is 5.40. The normalized spacial score (nSPS) is 22.5. The Bertz CT molecular complexity index is 427. The van der Waals surface area contributed by atoms with Crippen molar-refractivity contribution in [2.75, 3.05) is 18.5 Å². The highest BCUT2D eigenvalue weighted by Gasteiger charge is 2.41. The summed E-state index contributed by atoms with van der Waals surface area (Å²) in [6.07, 6.45) is 5.23. The lowest BCUT2D eigenvalue weighted by molar-refractivity contribution is -0.131. The van der Waals surface area contributed by atoms with E-state index in [1.807, 2.05) is 0 Å². The van der Waals surface area contributed by atoms with E-state index >= 15 is 0 Å². The summed E-state index contributed by atoms with van der Waals surface area (Å²) in [5.74, 6) is 0.582. The van der Waals surface area contributed by atoms with Gasteiger partial charge in [0.15, 0.2) is 0 Å². The van der Waals surface area contributed by atoms with Gasteiger partial charge < -0.3 is 10.1 Å². The highest BCUT2D eigenvalue weighted by Crippen LogP contribution is 2.43. The zero-order chi connectivity index (χ0) is 13.3. The van der Waals surface area contributed by atoms with Crippen molar-refractivity contribution in [3.63, 3.8) is 0 Å². The van der Waals surface area contributed by atoms with Gasteiger partial charge in [-0.05, 0) is 43.2 Å². The second kappa shape index (κ2) is 5.16. The smallest absolute Gasteiger partial charge is 0.0544 e. The molecule has 3 rings (SSSR count). The van der Waals surface area contributed by atoms with Crippen molar-refractivity contribution < 1.29 is 4.74 Å². The highest BCUT2D eigenvalue weighted by atomic mass is 16.5. The average Bonchev–Trinajstić information content (AvgIpc) is 2.38. The van der Waals surface area contributed by atoms with Crippen LogP contribution in [0.4, 0.5) is 5.69 Å². The molecule has 2 fully saturated rings. The molecule has 1 aromatic carbocycles. The Morgan fingerprint density at radius 1 is 1.16 bits per heavy atom. The van der Waals surface area contributed by atoms with Crippen molar-refractivity contribution in [1.82, 2.24) is 0 Å². The Labute approximate surface area is 116 Å². The van der Waals surface area contributed by atoms with Crippen LogP contribution in [0, 0.1) is 5.41 Å². The van der Waals surface area contributed by atoms with E-state index in [4.69, 9.17) is 4.74 Å². The molecule has 1 N–H and O–H groups in total. The Kier molecular flexibility index (Phi) is 3.53. The summed E-state index contributed by atoms with van der Waals surface area (Å²) in [5.41, 5.74) is 3.33. The van der Waals surface area contributed by atoms with Crippen molar-refractivity contribution >= 4 is 5.69 Å². The van der Waals surface area contributed by atoms with Crippen LogP contribution in [0.3, 0.4) is 0 Å². The van der Waals surface area contributed by atoms with Gasteiger partial charge in [0.1, 0.15) is 0 Å². The first kappa shape index (κ1) is 13.0. The van der Waals surface area contributed by atoms with Crippen LogP contribution in [0.2, 0.25) is 0 Å². The topological polar surface area (TPSA) is 21.3 Å². The molecule has 2 heteroatoms. The van der Waals surface area contributed by atoms with Crippen molar-refractivity contribution in [3.05, 3.63) is 29.8 Å². The molecule has 1 saturated heterocycles. The maximum atomic E-state index is 5.40. The fraction of sp³-hybridized carbons (Fsp3) is 0.647. The van der Waals surface area contributed by atoms with Crippen LogP contribution in [-0.4, -0.2) is 19.3 Å². The number of ether oxygens (including phenoxy) is 1. The Hall–Kier alpha value is -1.02. The molecule has 0 atom stereocenters. The number of anilines is 1. The van der Waals surface area contributed by atoms with Crippen LogP contribution < -0.4 is 5.32 Å². The number of para-hydroxylation sites is 1. The molecule has 0 bridgehead atoms. The van der Waals surface area contributed by atoms with Crippen molar-refractivity contribution in [2.24, 2.45) is 5.41 Å². The maximum Gasteiger partial charge on any atom is 0.0544 e. The summed E-state index contributed by atoms with van der Waals surface area (Å²) in [6, 6.07) is 9.40. The predicted octanol–water partition coefficient (Wildman–Crippen LogP) is 4.18. The van der Waals surface area contributed by atoms with Crippen molar-refractivity contribution in [2.45, 2.75) is 51.5 Å². The third kappa shape index (κ3) is 2.64. The molecular formula is C17H25NO. The van der Waals surface area contributed by atoms with E-state index in [1.165, 1.54) is 36.9 Å². The summed E-state index contributed by atoms with van der Waals surface area (Å²) in [7, 11) is 0. The summed E-state index contributed by atoms with van der Waals surface area (Å²) >= 11 is 0. The Morgan fingerprint density at radius 2 is 1.84 bits per heavy atom. The van der Waals surface area contributed by atoms with E-state index in [9.17, 15) is 0 Å². The number of rotatable bonds is 3.